The molecule has 7 heterocycles. The van der Waals surface area contributed by atoms with Gasteiger partial charge < -0.3 is 14.4 Å². The van der Waals surface area contributed by atoms with E-state index in [1.54, 1.807) is 6.07 Å². The molecule has 348 valence electrons. The molecule has 1 amide bonds. The van der Waals surface area contributed by atoms with E-state index in [9.17, 15) is 9.18 Å². The summed E-state index contributed by atoms with van der Waals surface area (Å²) < 4.78 is 61.4. The fraction of sp³-hybridized carbons (Fsp3) is 0.615. The molecule has 0 spiro atoms. The van der Waals surface area contributed by atoms with Gasteiger partial charge in [0, 0.05) is 23.5 Å². The van der Waals surface area contributed by atoms with Gasteiger partial charge in [-0.25, -0.2) is 22.9 Å². The third-order valence-electron chi connectivity index (χ3n) is 16.0. The minimum atomic E-state index is -2.28. The summed E-state index contributed by atoms with van der Waals surface area (Å²) in [6, 6.07) is 8.35. The summed E-state index contributed by atoms with van der Waals surface area (Å²) >= 11 is 0. The second-order valence-electron chi connectivity index (χ2n) is 21.7. The molecule has 0 N–H and O–H groups in total. The van der Waals surface area contributed by atoms with E-state index in [-0.39, 0.29) is 71.1 Å². The van der Waals surface area contributed by atoms with Crippen LogP contribution in [-0.2, 0) is 4.74 Å². The van der Waals surface area contributed by atoms with Gasteiger partial charge >= 0.3 is 12.1 Å². The number of alkyl halides is 1. The highest BCUT2D eigenvalue weighted by Crippen LogP contribution is 2.48. The molecule has 65 heavy (non-hydrogen) atoms. The van der Waals surface area contributed by atoms with Gasteiger partial charge in [0.2, 0.25) is 0 Å². The molecule has 4 aromatic rings. The fourth-order valence-electron chi connectivity index (χ4n) is 13.0. The Kier molecular flexibility index (Phi) is 12.0. The van der Waals surface area contributed by atoms with Gasteiger partial charge in [-0.1, -0.05) is 78.7 Å². The Labute approximate surface area is 384 Å². The number of piperazine rings is 1. The summed E-state index contributed by atoms with van der Waals surface area (Å²) in [5.41, 5.74) is 5.33. The minimum Gasteiger partial charge on any atom is -0.461 e. The smallest absolute Gasteiger partial charge is 0.410 e. The Hall–Kier alpha value is -4.41. The van der Waals surface area contributed by atoms with Crippen molar-refractivity contribution in [2.45, 2.75) is 178 Å². The van der Waals surface area contributed by atoms with Crippen LogP contribution in [0.3, 0.4) is 0 Å². The van der Waals surface area contributed by atoms with Crippen molar-refractivity contribution in [3.63, 3.8) is 0 Å². The van der Waals surface area contributed by atoms with Gasteiger partial charge in [-0.2, -0.15) is 9.97 Å². The number of pyridine rings is 1. The lowest BCUT2D eigenvalue weighted by atomic mass is 9.88. The Morgan fingerprint density at radius 2 is 1.66 bits per heavy atom. The van der Waals surface area contributed by atoms with Crippen LogP contribution in [0.2, 0.25) is 16.6 Å². The molecule has 13 heteroatoms. The van der Waals surface area contributed by atoms with E-state index < -0.39 is 32.0 Å². The lowest BCUT2D eigenvalue weighted by molar-refractivity contribution is 0.00692. The van der Waals surface area contributed by atoms with Crippen molar-refractivity contribution in [1.82, 2.24) is 24.8 Å². The predicted molar refractivity (Wildman–Crippen MR) is 255 cm³/mol. The number of ether oxygens (including phenoxy) is 2. The van der Waals surface area contributed by atoms with Crippen molar-refractivity contribution in [2.75, 3.05) is 31.3 Å². The van der Waals surface area contributed by atoms with Gasteiger partial charge in [0.15, 0.2) is 5.82 Å². The second-order valence-corrected chi connectivity index (χ2v) is 27.3. The lowest BCUT2D eigenvalue weighted by Gasteiger charge is -2.48. The first kappa shape index (κ1) is 45.7. The summed E-state index contributed by atoms with van der Waals surface area (Å²) in [5.74, 6) is 2.72. The number of fused-ring (bicyclic) bond motifs is 7. The highest BCUT2D eigenvalue weighted by atomic mass is 28.3. The molecular weight excluding hydrogens is 842 g/mol. The van der Waals surface area contributed by atoms with Crippen molar-refractivity contribution in [3.8, 4) is 28.7 Å². The molecule has 2 aromatic heterocycles. The number of aromatic nitrogens is 3. The molecule has 0 unspecified atom stereocenters. The number of nitrogens with zero attached hydrogens (tertiary/aromatic N) is 6. The third kappa shape index (κ3) is 7.66. The van der Waals surface area contributed by atoms with E-state index in [1.807, 2.05) is 43.9 Å². The normalized spacial score (nSPS) is 25.6. The number of halogens is 3. The molecule has 0 aliphatic carbocycles. The number of hydrogen-bond donors (Lipinski definition) is 0. The van der Waals surface area contributed by atoms with Crippen molar-refractivity contribution in [2.24, 2.45) is 0 Å². The first-order chi connectivity index (χ1) is 30.9. The number of amides is 1. The standard InChI is InChI=1S/C52H67F3N6O3Si/c1-30(2)65(31(3)4,32(5)6)26-22-37-39(54)18-16-34-13-11-14-38(42(34)37)46-44(55)47-43-45(56-46)33(7)15-19-40-41-20-17-36(61(41)50(62)64-51(8,9)10)28-59(40)48(43)58-49(57-47)63-29-52-23-12-25-60(52)35(27-53)21-24-52/h11,13-14,16,18,30-33,35-36,40-41H,12,15,17,19-21,23-25,27-29H2,1-10H3/t33-,35+,36-,40-,41+,52+/m1/s1. The van der Waals surface area contributed by atoms with Crippen LogP contribution >= 0.6 is 0 Å². The zero-order valence-electron chi connectivity index (χ0n) is 40.0. The summed E-state index contributed by atoms with van der Waals surface area (Å²) in [6.07, 6.45) is 6.18. The van der Waals surface area contributed by atoms with Gasteiger partial charge in [0.25, 0.3) is 0 Å². The van der Waals surface area contributed by atoms with Gasteiger partial charge in [0.1, 0.15) is 49.8 Å². The minimum absolute atomic E-state index is 0.0567. The number of rotatable bonds is 8. The molecule has 5 aliphatic rings. The predicted octanol–water partition coefficient (Wildman–Crippen LogP) is 11.9. The Balaban J connectivity index is 1.23. The molecule has 4 fully saturated rings. The van der Waals surface area contributed by atoms with Crippen LogP contribution in [0.25, 0.3) is 32.9 Å². The molecule has 5 aliphatic heterocycles. The number of carbonyl (C=O) groups is 1. The number of carbonyl (C=O) groups excluding carboxylic acids is 1. The van der Waals surface area contributed by atoms with E-state index in [0.29, 0.717) is 51.0 Å². The van der Waals surface area contributed by atoms with E-state index in [0.717, 1.165) is 63.3 Å². The Bertz CT molecular complexity index is 2550. The van der Waals surface area contributed by atoms with Gasteiger partial charge in [-0.15, -0.1) is 5.54 Å². The molecule has 0 saturated carbocycles. The van der Waals surface area contributed by atoms with E-state index >= 15 is 8.78 Å². The Morgan fingerprint density at radius 1 is 0.923 bits per heavy atom. The van der Waals surface area contributed by atoms with Crippen LogP contribution in [0.15, 0.2) is 30.3 Å². The fourth-order valence-corrected chi connectivity index (χ4v) is 18.2. The maximum atomic E-state index is 18.2. The van der Waals surface area contributed by atoms with E-state index in [4.69, 9.17) is 24.4 Å². The summed E-state index contributed by atoms with van der Waals surface area (Å²) in [5, 5.41) is 1.81. The quantitative estimate of drug-likeness (QED) is 0.128. The second kappa shape index (κ2) is 17.0. The van der Waals surface area contributed by atoms with Crippen LogP contribution in [0.1, 0.15) is 138 Å². The third-order valence-corrected chi connectivity index (χ3v) is 22.3. The number of benzene rings is 2. The SMILES string of the molecule is CC(C)[Si](C#Cc1c(F)ccc2cccc(-c3nc4c5c(nc(OC[C@@]67CCCN6[C@H](CF)CC7)nc5c3F)N3C[C@H]5CC[C@@H]([C@H]3CC[C@H]4C)N5C(=O)OC(C)(C)C)c12)(C(C)C)C(C)C. The van der Waals surface area contributed by atoms with Gasteiger partial charge in [-0.05, 0) is 113 Å². The van der Waals surface area contributed by atoms with Crippen LogP contribution in [0.4, 0.5) is 23.8 Å². The van der Waals surface area contributed by atoms with Gasteiger partial charge in [0.05, 0.1) is 40.3 Å². The van der Waals surface area contributed by atoms with E-state index in [2.05, 4.69) is 69.7 Å². The zero-order valence-corrected chi connectivity index (χ0v) is 41.0. The van der Waals surface area contributed by atoms with Crippen molar-refractivity contribution < 1.29 is 27.4 Å². The maximum Gasteiger partial charge on any atom is 0.410 e. The maximum absolute atomic E-state index is 18.2. The van der Waals surface area contributed by atoms with Gasteiger partial charge in [-0.3, -0.25) is 9.80 Å². The first-order valence-electron chi connectivity index (χ1n) is 24.3. The molecule has 9 rings (SSSR count). The molecule has 0 radical (unpaired) electrons. The molecular formula is C52H67F3N6O3Si. The average Bonchev–Trinajstić information content (AvgIpc) is 3.92. The molecule has 2 bridgehead atoms. The summed E-state index contributed by atoms with van der Waals surface area (Å²) in [6.45, 7) is 22.3. The van der Waals surface area contributed by atoms with Crippen molar-refractivity contribution in [3.05, 3.63) is 53.2 Å². The van der Waals surface area contributed by atoms with Crippen LogP contribution in [0.5, 0.6) is 6.01 Å². The largest absolute Gasteiger partial charge is 0.461 e. The highest BCUT2D eigenvalue weighted by Gasteiger charge is 2.52. The summed E-state index contributed by atoms with van der Waals surface area (Å²) in [4.78, 5) is 35.7. The first-order valence-corrected chi connectivity index (χ1v) is 26.5. The Morgan fingerprint density at radius 3 is 2.37 bits per heavy atom. The zero-order chi connectivity index (χ0) is 46.3. The van der Waals surface area contributed by atoms with Crippen LogP contribution in [0, 0.1) is 23.1 Å². The molecule has 6 atom stereocenters. The molecule has 4 saturated heterocycles. The lowest BCUT2D eigenvalue weighted by Crippen LogP contribution is -2.62. The molecule has 9 nitrogen and oxygen atoms in total. The monoisotopic (exact) mass is 908 g/mol. The van der Waals surface area contributed by atoms with Crippen LogP contribution < -0.4 is 9.64 Å². The van der Waals surface area contributed by atoms with Crippen molar-refractivity contribution >= 4 is 41.7 Å². The average molecular weight is 909 g/mol. The topological polar surface area (TPSA) is 83.9 Å². The van der Waals surface area contributed by atoms with E-state index in [1.165, 1.54) is 6.07 Å². The number of anilines is 1. The molecule has 2 aromatic carbocycles. The van der Waals surface area contributed by atoms with Crippen molar-refractivity contribution in [1.29, 1.82) is 0 Å². The summed E-state index contributed by atoms with van der Waals surface area (Å²) in [7, 11) is -2.28. The van der Waals surface area contributed by atoms with Crippen LogP contribution in [-0.4, -0.2) is 101 Å². The highest BCUT2D eigenvalue weighted by molar-refractivity contribution is 6.90. The number of hydrogen-bond acceptors (Lipinski definition) is 8.